The number of hydrogen-bond donors (Lipinski definition) is 2. The molecule has 0 bridgehead atoms. The van der Waals surface area contributed by atoms with E-state index in [0.717, 1.165) is 24.3 Å². The lowest BCUT2D eigenvalue weighted by Crippen LogP contribution is -2.42. The first-order chi connectivity index (χ1) is 7.59. The van der Waals surface area contributed by atoms with Gasteiger partial charge in [0.05, 0.1) is 6.04 Å². The standard InChI is InChI=1S/C9H12N2O3S2/c12-9(7-3-1-5-10-7)11-16(13,14)8-4-2-6-15-8/h2,4,6-7,10H,1,3,5H2,(H,11,12). The molecule has 7 heteroatoms. The molecule has 1 aromatic rings. The zero-order chi connectivity index (χ0) is 11.6. The van der Waals surface area contributed by atoms with Crippen molar-refractivity contribution in [2.24, 2.45) is 0 Å². The second-order valence-electron chi connectivity index (χ2n) is 3.55. The second kappa shape index (κ2) is 4.52. The van der Waals surface area contributed by atoms with Crippen molar-refractivity contribution < 1.29 is 13.2 Å². The molecule has 0 saturated carbocycles. The van der Waals surface area contributed by atoms with Gasteiger partial charge in [0.15, 0.2) is 0 Å². The molecular weight excluding hydrogens is 248 g/mol. The summed E-state index contributed by atoms with van der Waals surface area (Å²) in [5.41, 5.74) is 0. The average molecular weight is 260 g/mol. The fourth-order valence-electron chi connectivity index (χ4n) is 1.58. The molecule has 1 unspecified atom stereocenters. The van der Waals surface area contributed by atoms with Crippen LogP contribution in [0.15, 0.2) is 21.7 Å². The van der Waals surface area contributed by atoms with Crippen LogP contribution in [0.2, 0.25) is 0 Å². The summed E-state index contributed by atoms with van der Waals surface area (Å²) in [6.07, 6.45) is 1.59. The molecule has 1 saturated heterocycles. The minimum atomic E-state index is -3.67. The molecule has 2 rings (SSSR count). The fraction of sp³-hybridized carbons (Fsp3) is 0.444. The first-order valence-electron chi connectivity index (χ1n) is 4.93. The number of carbonyl (C=O) groups excluding carboxylic acids is 1. The minimum Gasteiger partial charge on any atom is -0.306 e. The lowest BCUT2D eigenvalue weighted by Gasteiger charge is -2.10. The summed E-state index contributed by atoms with van der Waals surface area (Å²) in [5, 5.41) is 4.61. The largest absolute Gasteiger partial charge is 0.306 e. The Bertz CT molecular complexity index is 461. The van der Waals surface area contributed by atoms with Gasteiger partial charge in [-0.2, -0.15) is 0 Å². The molecule has 0 radical (unpaired) electrons. The normalized spacial score (nSPS) is 20.9. The SMILES string of the molecule is O=C(NS(=O)(=O)c1cccs1)C1CCCN1. The smallest absolute Gasteiger partial charge is 0.273 e. The highest BCUT2D eigenvalue weighted by atomic mass is 32.2. The third-order valence-electron chi connectivity index (χ3n) is 2.37. The van der Waals surface area contributed by atoms with Crippen LogP contribution in [0.3, 0.4) is 0 Å². The second-order valence-corrected chi connectivity index (χ2v) is 6.41. The molecule has 1 aromatic heterocycles. The van der Waals surface area contributed by atoms with E-state index in [4.69, 9.17) is 0 Å². The molecule has 0 spiro atoms. The van der Waals surface area contributed by atoms with Crippen LogP contribution in [0.25, 0.3) is 0 Å². The first kappa shape index (κ1) is 11.6. The number of rotatable bonds is 3. The summed E-state index contributed by atoms with van der Waals surface area (Å²) < 4.78 is 25.7. The first-order valence-corrected chi connectivity index (χ1v) is 7.29. The van der Waals surface area contributed by atoms with Crippen molar-refractivity contribution in [2.75, 3.05) is 6.54 Å². The molecule has 0 aliphatic carbocycles. The van der Waals surface area contributed by atoms with Gasteiger partial charge in [0, 0.05) is 0 Å². The van der Waals surface area contributed by atoms with Gasteiger partial charge in [0.25, 0.3) is 15.9 Å². The Kier molecular flexibility index (Phi) is 3.27. The van der Waals surface area contributed by atoms with Gasteiger partial charge in [-0.05, 0) is 30.8 Å². The van der Waals surface area contributed by atoms with Crippen LogP contribution in [-0.4, -0.2) is 26.9 Å². The van der Waals surface area contributed by atoms with E-state index < -0.39 is 15.9 Å². The van der Waals surface area contributed by atoms with Gasteiger partial charge in [-0.1, -0.05) is 6.07 Å². The van der Waals surface area contributed by atoms with Gasteiger partial charge >= 0.3 is 0 Å². The topological polar surface area (TPSA) is 75.3 Å². The van der Waals surface area contributed by atoms with Crippen molar-refractivity contribution in [3.8, 4) is 0 Å². The molecule has 1 aliphatic rings. The van der Waals surface area contributed by atoms with Crippen LogP contribution in [-0.2, 0) is 14.8 Å². The number of sulfonamides is 1. The molecule has 0 aromatic carbocycles. The van der Waals surface area contributed by atoms with Crippen LogP contribution >= 0.6 is 11.3 Å². The summed E-state index contributed by atoms with van der Waals surface area (Å²) >= 11 is 1.09. The van der Waals surface area contributed by atoms with Crippen LogP contribution < -0.4 is 10.0 Å². The van der Waals surface area contributed by atoms with E-state index in [2.05, 4.69) is 10.0 Å². The molecule has 1 atom stereocenters. The molecule has 2 N–H and O–H groups in total. The molecular formula is C9H12N2O3S2. The van der Waals surface area contributed by atoms with E-state index in [1.54, 1.807) is 11.4 Å². The summed E-state index contributed by atoms with van der Waals surface area (Å²) in [6, 6.07) is 2.73. The average Bonchev–Trinajstić information content (AvgIpc) is 2.91. The molecule has 1 fully saturated rings. The number of nitrogens with one attached hydrogen (secondary N) is 2. The lowest BCUT2D eigenvalue weighted by atomic mass is 10.2. The van der Waals surface area contributed by atoms with E-state index in [-0.39, 0.29) is 10.3 Å². The monoisotopic (exact) mass is 260 g/mol. The predicted molar refractivity (Wildman–Crippen MR) is 60.7 cm³/mol. The number of carbonyl (C=O) groups is 1. The van der Waals surface area contributed by atoms with Crippen molar-refractivity contribution in [1.29, 1.82) is 0 Å². The van der Waals surface area contributed by atoms with Crippen LogP contribution in [0.5, 0.6) is 0 Å². The highest BCUT2D eigenvalue weighted by molar-refractivity contribution is 7.92. The highest BCUT2D eigenvalue weighted by Crippen LogP contribution is 2.16. The summed E-state index contributed by atoms with van der Waals surface area (Å²) in [5.74, 6) is -0.467. The Morgan fingerprint density at radius 3 is 2.94 bits per heavy atom. The number of thiophene rings is 1. The van der Waals surface area contributed by atoms with Crippen molar-refractivity contribution in [3.05, 3.63) is 17.5 Å². The van der Waals surface area contributed by atoms with Crippen molar-refractivity contribution in [3.63, 3.8) is 0 Å². The van der Waals surface area contributed by atoms with E-state index >= 15 is 0 Å². The third kappa shape index (κ3) is 2.42. The van der Waals surface area contributed by atoms with Crippen LogP contribution in [0.1, 0.15) is 12.8 Å². The van der Waals surface area contributed by atoms with Gasteiger partial charge in [-0.15, -0.1) is 11.3 Å². The van der Waals surface area contributed by atoms with E-state index in [1.807, 2.05) is 0 Å². The molecule has 2 heterocycles. The predicted octanol–water partition coefficient (Wildman–Crippen LogP) is 0.305. The fourth-order valence-corrected chi connectivity index (χ4v) is 3.59. The van der Waals surface area contributed by atoms with E-state index in [1.165, 1.54) is 6.07 Å². The Labute approximate surface area is 97.9 Å². The minimum absolute atomic E-state index is 0.166. The molecule has 88 valence electrons. The molecule has 1 amide bonds. The Balaban J connectivity index is 2.06. The zero-order valence-corrected chi connectivity index (χ0v) is 10.1. The zero-order valence-electron chi connectivity index (χ0n) is 8.47. The van der Waals surface area contributed by atoms with Crippen molar-refractivity contribution in [1.82, 2.24) is 10.0 Å². The van der Waals surface area contributed by atoms with Crippen LogP contribution in [0.4, 0.5) is 0 Å². The maximum Gasteiger partial charge on any atom is 0.273 e. The van der Waals surface area contributed by atoms with Gasteiger partial charge in [0.2, 0.25) is 0 Å². The number of hydrogen-bond acceptors (Lipinski definition) is 5. The van der Waals surface area contributed by atoms with E-state index in [9.17, 15) is 13.2 Å². The maximum atomic E-state index is 11.7. The van der Waals surface area contributed by atoms with Crippen molar-refractivity contribution in [2.45, 2.75) is 23.1 Å². The van der Waals surface area contributed by atoms with Crippen LogP contribution in [0, 0.1) is 0 Å². The molecule has 1 aliphatic heterocycles. The molecule has 16 heavy (non-hydrogen) atoms. The Hall–Kier alpha value is -0.920. The quantitative estimate of drug-likeness (QED) is 0.820. The Morgan fingerprint density at radius 1 is 1.56 bits per heavy atom. The Morgan fingerprint density at radius 2 is 2.38 bits per heavy atom. The van der Waals surface area contributed by atoms with Gasteiger partial charge in [0.1, 0.15) is 4.21 Å². The number of amides is 1. The summed E-state index contributed by atoms with van der Waals surface area (Å²) in [4.78, 5) is 11.6. The third-order valence-corrected chi connectivity index (χ3v) is 5.12. The van der Waals surface area contributed by atoms with Gasteiger partial charge in [-0.3, -0.25) is 4.79 Å². The maximum absolute atomic E-state index is 11.7. The lowest BCUT2D eigenvalue weighted by molar-refractivity contribution is -0.121. The summed E-state index contributed by atoms with van der Waals surface area (Å²) in [7, 11) is -3.67. The molecule has 5 nitrogen and oxygen atoms in total. The van der Waals surface area contributed by atoms with Crippen molar-refractivity contribution >= 4 is 27.3 Å². The highest BCUT2D eigenvalue weighted by Gasteiger charge is 2.26. The van der Waals surface area contributed by atoms with Gasteiger partial charge in [-0.25, -0.2) is 13.1 Å². The van der Waals surface area contributed by atoms with E-state index in [0.29, 0.717) is 6.42 Å². The summed E-state index contributed by atoms with van der Waals surface area (Å²) in [6.45, 7) is 0.761. The van der Waals surface area contributed by atoms with Gasteiger partial charge < -0.3 is 5.32 Å².